The molecule has 0 fully saturated rings. The third-order valence-corrected chi connectivity index (χ3v) is 4.97. The number of anilines is 4. The first-order chi connectivity index (χ1) is 16.5. The predicted molar refractivity (Wildman–Crippen MR) is 132 cm³/mol. The molecule has 168 valence electrons. The summed E-state index contributed by atoms with van der Waals surface area (Å²) >= 11 is 0. The largest absolute Gasteiger partial charge is 0.356 e. The summed E-state index contributed by atoms with van der Waals surface area (Å²) in [7, 11) is 0. The van der Waals surface area contributed by atoms with E-state index in [0.717, 1.165) is 11.4 Å². The zero-order valence-corrected chi connectivity index (χ0v) is 17.9. The normalized spacial score (nSPS) is 10.2. The van der Waals surface area contributed by atoms with Crippen LogP contribution in [0.4, 0.5) is 28.4 Å². The van der Waals surface area contributed by atoms with E-state index in [2.05, 4.69) is 16.0 Å². The van der Waals surface area contributed by atoms with E-state index < -0.39 is 16.7 Å². The Morgan fingerprint density at radius 3 is 1.82 bits per heavy atom. The average Bonchev–Trinajstić information content (AvgIpc) is 2.86. The van der Waals surface area contributed by atoms with Gasteiger partial charge in [-0.15, -0.1) is 0 Å². The second-order valence-corrected chi connectivity index (χ2v) is 7.30. The molecule has 8 heteroatoms. The number of nitrogens with zero attached hydrogens (tertiary/aromatic N) is 1. The summed E-state index contributed by atoms with van der Waals surface area (Å²) in [6.07, 6.45) is 0. The summed E-state index contributed by atoms with van der Waals surface area (Å²) in [6.45, 7) is 0. The Balaban J connectivity index is 1.48. The number of nitrogens with one attached hydrogen (secondary N) is 3. The van der Waals surface area contributed by atoms with Gasteiger partial charge in [0.1, 0.15) is 5.56 Å². The van der Waals surface area contributed by atoms with Gasteiger partial charge in [-0.2, -0.15) is 0 Å². The second-order valence-electron chi connectivity index (χ2n) is 7.30. The minimum Gasteiger partial charge on any atom is -0.356 e. The highest BCUT2D eigenvalue weighted by Gasteiger charge is 2.21. The number of carbonyl (C=O) groups excluding carboxylic acids is 2. The van der Waals surface area contributed by atoms with Gasteiger partial charge < -0.3 is 16.0 Å². The van der Waals surface area contributed by atoms with E-state index in [1.165, 1.54) is 24.3 Å². The molecular formula is C26H20N4O4. The molecule has 4 aromatic rings. The van der Waals surface area contributed by atoms with Crippen molar-refractivity contribution in [3.63, 3.8) is 0 Å². The third kappa shape index (κ3) is 5.25. The SMILES string of the molecule is O=C(Nc1ccc(Nc2ccccc2)cc1)c1ccccc1NC(=O)c1ccccc1[N+](=O)[O-]. The quantitative estimate of drug-likeness (QED) is 0.241. The topological polar surface area (TPSA) is 113 Å². The maximum absolute atomic E-state index is 12.9. The van der Waals surface area contributed by atoms with E-state index in [9.17, 15) is 19.7 Å². The summed E-state index contributed by atoms with van der Waals surface area (Å²) in [5, 5.41) is 19.9. The van der Waals surface area contributed by atoms with Crippen LogP contribution in [0, 0.1) is 10.1 Å². The molecule has 8 nitrogen and oxygen atoms in total. The lowest BCUT2D eigenvalue weighted by atomic mass is 10.1. The number of nitro groups is 1. The molecule has 3 N–H and O–H groups in total. The van der Waals surface area contributed by atoms with Crippen molar-refractivity contribution >= 4 is 40.3 Å². The van der Waals surface area contributed by atoms with Crippen LogP contribution in [-0.2, 0) is 0 Å². The van der Waals surface area contributed by atoms with Gasteiger partial charge in [0.15, 0.2) is 0 Å². The first-order valence-corrected chi connectivity index (χ1v) is 10.4. The molecule has 0 aliphatic rings. The lowest BCUT2D eigenvalue weighted by Crippen LogP contribution is -2.19. The van der Waals surface area contributed by atoms with Gasteiger partial charge in [0.05, 0.1) is 16.2 Å². The van der Waals surface area contributed by atoms with Crippen molar-refractivity contribution in [1.82, 2.24) is 0 Å². The molecule has 0 aliphatic carbocycles. The van der Waals surface area contributed by atoms with E-state index in [-0.39, 0.29) is 22.5 Å². The van der Waals surface area contributed by atoms with Crippen molar-refractivity contribution in [1.29, 1.82) is 0 Å². The standard InChI is InChI=1S/C26H20N4O4/c31-25(28-20-16-14-19(15-17-20)27-18-8-2-1-3-9-18)21-10-4-6-12-23(21)29-26(32)22-11-5-7-13-24(22)30(33)34/h1-17,27H,(H,28,31)(H,29,32). The van der Waals surface area contributed by atoms with E-state index in [0.29, 0.717) is 5.69 Å². The fourth-order valence-corrected chi connectivity index (χ4v) is 3.33. The molecule has 0 heterocycles. The molecule has 2 amide bonds. The van der Waals surface area contributed by atoms with E-state index >= 15 is 0 Å². The van der Waals surface area contributed by atoms with Crippen molar-refractivity contribution in [2.24, 2.45) is 0 Å². The molecule has 0 aliphatic heterocycles. The van der Waals surface area contributed by atoms with E-state index in [4.69, 9.17) is 0 Å². The summed E-state index contributed by atoms with van der Waals surface area (Å²) < 4.78 is 0. The minimum atomic E-state index is -0.677. The monoisotopic (exact) mass is 452 g/mol. The number of carbonyl (C=O) groups is 2. The summed E-state index contributed by atoms with van der Waals surface area (Å²) in [5.41, 5.74) is 2.44. The average molecular weight is 452 g/mol. The highest BCUT2D eigenvalue weighted by molar-refractivity contribution is 6.13. The molecule has 0 aromatic heterocycles. The Labute approximate surface area is 195 Å². The lowest BCUT2D eigenvalue weighted by Gasteiger charge is -2.12. The zero-order chi connectivity index (χ0) is 23.9. The molecule has 4 rings (SSSR count). The predicted octanol–water partition coefficient (Wildman–Crippen LogP) is 5.84. The van der Waals surface area contributed by atoms with Gasteiger partial charge in [-0.05, 0) is 54.6 Å². The van der Waals surface area contributed by atoms with Crippen LogP contribution in [0.15, 0.2) is 103 Å². The van der Waals surface area contributed by atoms with Gasteiger partial charge in [0.2, 0.25) is 0 Å². The number of amides is 2. The van der Waals surface area contributed by atoms with Crippen LogP contribution < -0.4 is 16.0 Å². The highest BCUT2D eigenvalue weighted by Crippen LogP contribution is 2.23. The van der Waals surface area contributed by atoms with Crippen LogP contribution in [-0.4, -0.2) is 16.7 Å². The Bertz CT molecular complexity index is 1340. The highest BCUT2D eigenvalue weighted by atomic mass is 16.6. The van der Waals surface area contributed by atoms with Crippen molar-refractivity contribution < 1.29 is 14.5 Å². The summed E-state index contributed by atoms with van der Waals surface area (Å²) in [4.78, 5) is 36.2. The van der Waals surface area contributed by atoms with Crippen molar-refractivity contribution in [3.8, 4) is 0 Å². The molecular weight excluding hydrogens is 432 g/mol. The maximum atomic E-state index is 12.9. The third-order valence-electron chi connectivity index (χ3n) is 4.97. The minimum absolute atomic E-state index is 0.0933. The fraction of sp³-hybridized carbons (Fsp3) is 0. The number of rotatable bonds is 7. The number of nitro benzene ring substituents is 1. The van der Waals surface area contributed by atoms with Gasteiger partial charge in [-0.25, -0.2) is 0 Å². The number of hydrogen-bond donors (Lipinski definition) is 3. The first-order valence-electron chi connectivity index (χ1n) is 10.4. The molecule has 0 saturated heterocycles. The molecule has 0 radical (unpaired) electrons. The van der Waals surface area contributed by atoms with Crippen LogP contribution in [0.2, 0.25) is 0 Å². The van der Waals surface area contributed by atoms with Crippen molar-refractivity contribution in [2.75, 3.05) is 16.0 Å². The Kier molecular flexibility index (Phi) is 6.60. The van der Waals surface area contributed by atoms with Crippen LogP contribution in [0.3, 0.4) is 0 Å². The number of hydrogen-bond acceptors (Lipinski definition) is 5. The van der Waals surface area contributed by atoms with Crippen LogP contribution in [0.1, 0.15) is 20.7 Å². The Hall–Kier alpha value is -4.98. The molecule has 0 bridgehead atoms. The maximum Gasteiger partial charge on any atom is 0.282 e. The molecule has 4 aromatic carbocycles. The smallest absolute Gasteiger partial charge is 0.282 e. The van der Waals surface area contributed by atoms with Crippen LogP contribution in [0.5, 0.6) is 0 Å². The lowest BCUT2D eigenvalue weighted by molar-refractivity contribution is -0.385. The van der Waals surface area contributed by atoms with E-state index in [1.807, 2.05) is 42.5 Å². The van der Waals surface area contributed by atoms with Gasteiger partial charge in [0.25, 0.3) is 17.5 Å². The van der Waals surface area contributed by atoms with Crippen LogP contribution in [0.25, 0.3) is 0 Å². The summed E-state index contributed by atoms with van der Waals surface area (Å²) in [5.74, 6) is -1.11. The van der Waals surface area contributed by atoms with Gasteiger partial charge in [0, 0.05) is 23.1 Å². The molecule has 0 spiro atoms. The van der Waals surface area contributed by atoms with Crippen LogP contribution >= 0.6 is 0 Å². The Morgan fingerprint density at radius 1 is 0.588 bits per heavy atom. The second kappa shape index (κ2) is 10.1. The summed E-state index contributed by atoms with van der Waals surface area (Å²) in [6, 6.07) is 29.0. The Morgan fingerprint density at radius 2 is 1.12 bits per heavy atom. The zero-order valence-electron chi connectivity index (χ0n) is 17.9. The molecule has 0 unspecified atom stereocenters. The number of benzene rings is 4. The van der Waals surface area contributed by atoms with E-state index in [1.54, 1.807) is 36.4 Å². The molecule has 0 saturated carbocycles. The van der Waals surface area contributed by atoms with Gasteiger partial charge in [-0.3, -0.25) is 19.7 Å². The van der Waals surface area contributed by atoms with Gasteiger partial charge in [-0.1, -0.05) is 42.5 Å². The van der Waals surface area contributed by atoms with Crippen molar-refractivity contribution in [3.05, 3.63) is 124 Å². The van der Waals surface area contributed by atoms with Crippen molar-refractivity contribution in [2.45, 2.75) is 0 Å². The molecule has 0 atom stereocenters. The van der Waals surface area contributed by atoms with Gasteiger partial charge >= 0.3 is 0 Å². The number of para-hydroxylation sites is 3. The molecule has 34 heavy (non-hydrogen) atoms. The fourth-order valence-electron chi connectivity index (χ4n) is 3.33. The first kappa shape index (κ1) is 22.2.